The van der Waals surface area contributed by atoms with Crippen molar-refractivity contribution in [1.29, 1.82) is 0 Å². The molecule has 42 heavy (non-hydrogen) atoms. The van der Waals surface area contributed by atoms with Crippen molar-refractivity contribution in [3.8, 4) is 17.0 Å². The zero-order valence-corrected chi connectivity index (χ0v) is 23.1. The Morgan fingerprint density at radius 1 is 1.07 bits per heavy atom. The largest absolute Gasteiger partial charge is 0.474 e. The third kappa shape index (κ3) is 7.21. The summed E-state index contributed by atoms with van der Waals surface area (Å²) in [7, 11) is 0. The molecule has 0 spiro atoms. The lowest BCUT2D eigenvalue weighted by atomic mass is 10.1. The SMILES string of the molecule is Cc1cccc(CNC(=O)OCC(Oc2ccc(F)c(C(N)=O)c2F)c2nc(-c3ccc(C(F)(F)F)cc3)c(Br)o2)n1. The summed E-state index contributed by atoms with van der Waals surface area (Å²) in [6.45, 7) is 1.16. The van der Waals surface area contributed by atoms with E-state index in [1.165, 1.54) is 0 Å². The van der Waals surface area contributed by atoms with E-state index in [1.807, 2.05) is 0 Å². The van der Waals surface area contributed by atoms with Crippen LogP contribution in [0.4, 0.5) is 26.7 Å². The molecule has 1 unspecified atom stereocenters. The first-order valence-corrected chi connectivity index (χ1v) is 12.7. The van der Waals surface area contributed by atoms with Crippen LogP contribution < -0.4 is 15.8 Å². The number of nitrogens with zero attached hydrogens (tertiary/aromatic N) is 2. The molecule has 0 fully saturated rings. The van der Waals surface area contributed by atoms with Crippen molar-refractivity contribution in [2.45, 2.75) is 25.7 Å². The van der Waals surface area contributed by atoms with Crippen LogP contribution in [-0.4, -0.2) is 28.6 Å². The Morgan fingerprint density at radius 3 is 2.43 bits per heavy atom. The minimum atomic E-state index is -4.56. The number of primary amides is 1. The second-order valence-corrected chi connectivity index (χ2v) is 9.40. The van der Waals surface area contributed by atoms with Gasteiger partial charge in [-0.3, -0.25) is 9.78 Å². The van der Waals surface area contributed by atoms with Crippen molar-refractivity contribution in [1.82, 2.24) is 15.3 Å². The first-order chi connectivity index (χ1) is 19.8. The van der Waals surface area contributed by atoms with Crippen molar-refractivity contribution in [3.63, 3.8) is 0 Å². The molecule has 220 valence electrons. The number of alkyl halides is 3. The lowest BCUT2D eigenvalue weighted by Crippen LogP contribution is -2.27. The average molecular weight is 655 g/mol. The molecule has 4 rings (SSSR count). The molecule has 0 aliphatic heterocycles. The van der Waals surface area contributed by atoms with Crippen molar-refractivity contribution < 1.29 is 45.4 Å². The van der Waals surface area contributed by atoms with Crippen LogP contribution in [0.25, 0.3) is 11.3 Å². The van der Waals surface area contributed by atoms with E-state index in [9.17, 15) is 31.5 Å². The maximum Gasteiger partial charge on any atom is 0.416 e. The predicted octanol–water partition coefficient (Wildman–Crippen LogP) is 6.25. The van der Waals surface area contributed by atoms with E-state index in [1.54, 1.807) is 25.1 Å². The van der Waals surface area contributed by atoms with Crippen molar-refractivity contribution in [3.05, 3.63) is 99.3 Å². The molecule has 0 saturated carbocycles. The molecule has 9 nitrogen and oxygen atoms in total. The van der Waals surface area contributed by atoms with Gasteiger partial charge in [-0.25, -0.2) is 18.6 Å². The standard InChI is InChI=1S/C27H20BrF5N4O5/c1-13-3-2-4-16(36-13)11-35-26(39)40-12-19(41-18-10-9-17(29)20(21(18)30)24(34)38)25-37-22(23(28)42-25)14-5-7-15(8-6-14)27(31,32)33/h2-10,19H,11-12H2,1H3,(H2,34,38)(H,35,39). The maximum absolute atomic E-state index is 14.9. The number of halogens is 6. The first-order valence-electron chi connectivity index (χ1n) is 11.9. The zero-order valence-electron chi connectivity index (χ0n) is 21.5. The topological polar surface area (TPSA) is 130 Å². The smallest absolute Gasteiger partial charge is 0.416 e. The van der Waals surface area contributed by atoms with Crippen LogP contribution in [0.5, 0.6) is 5.75 Å². The average Bonchev–Trinajstić information content (AvgIpc) is 3.31. The Morgan fingerprint density at radius 2 is 1.79 bits per heavy atom. The number of alkyl carbamates (subject to hydrolysis) is 1. The monoisotopic (exact) mass is 654 g/mol. The van der Waals surface area contributed by atoms with E-state index in [0.29, 0.717) is 5.69 Å². The van der Waals surface area contributed by atoms with Crippen LogP contribution in [0.15, 0.2) is 63.7 Å². The van der Waals surface area contributed by atoms with Crippen LogP contribution in [0.1, 0.15) is 39.3 Å². The van der Waals surface area contributed by atoms with Gasteiger partial charge >= 0.3 is 12.3 Å². The minimum absolute atomic E-state index is 0.0171. The summed E-state index contributed by atoms with van der Waals surface area (Å²) >= 11 is 3.14. The second-order valence-electron chi connectivity index (χ2n) is 8.68. The number of nitrogens with two attached hydrogens (primary N) is 1. The van der Waals surface area contributed by atoms with E-state index in [4.69, 9.17) is 19.6 Å². The maximum atomic E-state index is 14.9. The molecule has 1 atom stereocenters. The number of carbonyl (C=O) groups is 2. The molecule has 2 aromatic carbocycles. The van der Waals surface area contributed by atoms with Gasteiger partial charge in [-0.1, -0.05) is 18.2 Å². The number of oxazole rings is 1. The summed E-state index contributed by atoms with van der Waals surface area (Å²) < 4.78 is 84.2. The third-order valence-electron chi connectivity index (χ3n) is 5.66. The van der Waals surface area contributed by atoms with Gasteiger partial charge in [-0.05, 0) is 59.3 Å². The fourth-order valence-corrected chi connectivity index (χ4v) is 4.16. The summed E-state index contributed by atoms with van der Waals surface area (Å²) in [6.07, 6.45) is -6.95. The van der Waals surface area contributed by atoms with Crippen LogP contribution in [0.2, 0.25) is 0 Å². The third-order valence-corrected chi connectivity index (χ3v) is 6.20. The zero-order chi connectivity index (χ0) is 30.6. The Kier molecular flexibility index (Phi) is 9.09. The number of ether oxygens (including phenoxy) is 2. The molecular formula is C27H20BrF5N4O5. The molecular weight excluding hydrogens is 635 g/mol. The van der Waals surface area contributed by atoms with Crippen LogP contribution in [0.3, 0.4) is 0 Å². The van der Waals surface area contributed by atoms with Crippen molar-refractivity contribution >= 4 is 27.9 Å². The first kappa shape index (κ1) is 30.4. The Bertz CT molecular complexity index is 1610. The molecule has 0 aliphatic carbocycles. The van der Waals surface area contributed by atoms with Gasteiger partial charge in [-0.2, -0.15) is 13.2 Å². The molecule has 4 aromatic rings. The Balaban J connectivity index is 1.60. The summed E-state index contributed by atoms with van der Waals surface area (Å²) in [6, 6.07) is 10.8. The van der Waals surface area contributed by atoms with E-state index in [-0.39, 0.29) is 28.4 Å². The molecule has 2 aromatic heterocycles. The van der Waals surface area contributed by atoms with Gasteiger partial charge in [0, 0.05) is 11.3 Å². The molecule has 0 saturated heterocycles. The number of hydrogen-bond donors (Lipinski definition) is 2. The number of carbonyl (C=O) groups excluding carboxylic acids is 2. The Labute approximate surface area is 243 Å². The van der Waals surface area contributed by atoms with Gasteiger partial charge in [0.25, 0.3) is 5.91 Å². The fourth-order valence-electron chi connectivity index (χ4n) is 3.67. The summed E-state index contributed by atoms with van der Waals surface area (Å²) in [5.41, 5.74) is 4.68. The summed E-state index contributed by atoms with van der Waals surface area (Å²) in [4.78, 5) is 32.4. The molecule has 0 bridgehead atoms. The van der Waals surface area contributed by atoms with E-state index in [0.717, 1.165) is 42.1 Å². The summed E-state index contributed by atoms with van der Waals surface area (Å²) in [5.74, 6) is -4.98. The number of amides is 2. The number of rotatable bonds is 9. The number of aromatic nitrogens is 2. The molecule has 3 N–H and O–H groups in total. The lowest BCUT2D eigenvalue weighted by Gasteiger charge is -2.18. The molecule has 2 amide bonds. The van der Waals surface area contributed by atoms with Gasteiger partial charge < -0.3 is 24.9 Å². The normalized spacial score (nSPS) is 12.1. The van der Waals surface area contributed by atoms with Gasteiger partial charge in [-0.15, -0.1) is 0 Å². The molecule has 0 aliphatic rings. The number of pyridine rings is 1. The van der Waals surface area contributed by atoms with Crippen LogP contribution >= 0.6 is 15.9 Å². The number of hydrogen-bond acceptors (Lipinski definition) is 7. The number of aryl methyl sites for hydroxylation is 1. The molecule has 0 radical (unpaired) electrons. The molecule has 15 heteroatoms. The predicted molar refractivity (Wildman–Crippen MR) is 140 cm³/mol. The van der Waals surface area contributed by atoms with E-state index in [2.05, 4.69) is 31.2 Å². The fraction of sp³-hybridized carbons (Fsp3) is 0.185. The van der Waals surface area contributed by atoms with Gasteiger partial charge in [0.15, 0.2) is 16.2 Å². The highest BCUT2D eigenvalue weighted by atomic mass is 79.9. The highest BCUT2D eigenvalue weighted by molar-refractivity contribution is 9.10. The highest BCUT2D eigenvalue weighted by Crippen LogP contribution is 2.36. The van der Waals surface area contributed by atoms with E-state index >= 15 is 0 Å². The Hall–Kier alpha value is -4.53. The van der Waals surface area contributed by atoms with Crippen LogP contribution in [-0.2, 0) is 17.5 Å². The van der Waals surface area contributed by atoms with Gasteiger partial charge in [0.1, 0.15) is 23.7 Å². The number of nitrogens with one attached hydrogen (secondary N) is 1. The van der Waals surface area contributed by atoms with E-state index < -0.39 is 59.4 Å². The second kappa shape index (κ2) is 12.5. The lowest BCUT2D eigenvalue weighted by molar-refractivity contribution is -0.137. The van der Waals surface area contributed by atoms with Crippen molar-refractivity contribution in [2.75, 3.05) is 6.61 Å². The van der Waals surface area contributed by atoms with Crippen LogP contribution in [0, 0.1) is 18.6 Å². The summed E-state index contributed by atoms with van der Waals surface area (Å²) in [5, 5.41) is 2.48. The van der Waals surface area contributed by atoms with Crippen molar-refractivity contribution in [2.24, 2.45) is 5.73 Å². The minimum Gasteiger partial charge on any atom is -0.474 e. The van der Waals surface area contributed by atoms with Gasteiger partial charge in [0.2, 0.25) is 12.0 Å². The highest BCUT2D eigenvalue weighted by Gasteiger charge is 2.31. The molecule has 2 heterocycles. The quantitative estimate of drug-likeness (QED) is 0.204. The number of benzene rings is 2. The van der Waals surface area contributed by atoms with Gasteiger partial charge in [0.05, 0.1) is 17.8 Å².